The highest BCUT2D eigenvalue weighted by Gasteiger charge is 2.04. The van der Waals surface area contributed by atoms with Crippen LogP contribution in [0.1, 0.15) is 590 Å². The molecule has 2 rings (SSSR count). The molecule has 0 unspecified atom stereocenters. The van der Waals surface area contributed by atoms with Crippen LogP contribution >= 0.6 is 0 Å². The summed E-state index contributed by atoms with van der Waals surface area (Å²) < 4.78 is 0. The number of hydrogen-bond acceptors (Lipinski definition) is 2. The zero-order valence-corrected chi connectivity index (χ0v) is 76.8. The lowest BCUT2D eigenvalue weighted by atomic mass is 10.0. The SMILES string of the molecule is CCCCCCCCCCCCCCCCCCCCCCCCCCCCCCCCCCCCCCCCCCCCCCNC(=O)O.CCCCCCCCCCCCCCCCCCCCCCCCCCCCCCCCCCCCCCCCCCCCCCNC(=O)O.c1ccc(Cc2ccccc2)cc1. The summed E-state index contributed by atoms with van der Waals surface area (Å²) in [6.45, 7) is 5.83. The molecule has 0 heterocycles. The summed E-state index contributed by atoms with van der Waals surface area (Å²) in [7, 11) is 0. The molecule has 2 amide bonds. The van der Waals surface area contributed by atoms with Gasteiger partial charge in [-0.2, -0.15) is 0 Å². The molecule has 664 valence electrons. The first kappa shape index (κ1) is 110. The normalized spacial score (nSPS) is 11.3. The zero-order valence-electron chi connectivity index (χ0n) is 76.8. The lowest BCUT2D eigenvalue weighted by Crippen LogP contribution is -2.21. The van der Waals surface area contributed by atoms with Gasteiger partial charge in [0, 0.05) is 13.1 Å². The molecule has 113 heavy (non-hydrogen) atoms. The maximum absolute atomic E-state index is 10.4. The summed E-state index contributed by atoms with van der Waals surface area (Å²) in [6, 6.07) is 21.1. The highest BCUT2D eigenvalue weighted by Crippen LogP contribution is 2.23. The minimum atomic E-state index is -0.896. The van der Waals surface area contributed by atoms with Gasteiger partial charge in [0.15, 0.2) is 0 Å². The molecular formula is C107H202N2O4. The van der Waals surface area contributed by atoms with Gasteiger partial charge in [0.25, 0.3) is 0 Å². The molecule has 0 bridgehead atoms. The Kier molecular flexibility index (Phi) is 98.6. The van der Waals surface area contributed by atoms with Gasteiger partial charge in [-0.1, -0.05) is 627 Å². The predicted molar refractivity (Wildman–Crippen MR) is 505 cm³/mol. The fourth-order valence-electron chi connectivity index (χ4n) is 17.1. The van der Waals surface area contributed by atoms with Gasteiger partial charge in [0.1, 0.15) is 0 Å². The second-order valence-electron chi connectivity index (χ2n) is 36.0. The van der Waals surface area contributed by atoms with Gasteiger partial charge >= 0.3 is 12.2 Å². The van der Waals surface area contributed by atoms with Crippen molar-refractivity contribution in [3.8, 4) is 0 Å². The molecule has 4 N–H and O–H groups in total. The van der Waals surface area contributed by atoms with Crippen molar-refractivity contribution in [1.29, 1.82) is 0 Å². The quantitative estimate of drug-likeness (QED) is 0.0496. The van der Waals surface area contributed by atoms with E-state index < -0.39 is 12.2 Å². The Balaban J connectivity index is 0.00000190. The van der Waals surface area contributed by atoms with Gasteiger partial charge in [-0.3, -0.25) is 0 Å². The van der Waals surface area contributed by atoms with Crippen LogP contribution < -0.4 is 10.6 Å². The first-order valence-corrected chi connectivity index (χ1v) is 52.0. The van der Waals surface area contributed by atoms with Gasteiger partial charge in [0.05, 0.1) is 0 Å². The van der Waals surface area contributed by atoms with Crippen LogP contribution in [-0.2, 0) is 6.42 Å². The Morgan fingerprint density at radius 1 is 0.177 bits per heavy atom. The van der Waals surface area contributed by atoms with Gasteiger partial charge in [-0.25, -0.2) is 9.59 Å². The third-order valence-electron chi connectivity index (χ3n) is 24.7. The Hall–Kier alpha value is -3.02. The van der Waals surface area contributed by atoms with Crippen LogP contribution in [0.5, 0.6) is 0 Å². The number of rotatable bonds is 92. The van der Waals surface area contributed by atoms with Crippen molar-refractivity contribution in [1.82, 2.24) is 10.6 Å². The minimum Gasteiger partial charge on any atom is -0.465 e. The van der Waals surface area contributed by atoms with E-state index in [4.69, 9.17) is 10.2 Å². The first-order valence-electron chi connectivity index (χ1n) is 52.0. The van der Waals surface area contributed by atoms with E-state index in [9.17, 15) is 9.59 Å². The Labute approximate surface area is 708 Å². The molecule has 0 saturated heterocycles. The van der Waals surface area contributed by atoms with Crippen LogP contribution in [0.4, 0.5) is 9.59 Å². The van der Waals surface area contributed by atoms with Gasteiger partial charge in [-0.05, 0) is 30.4 Å². The molecule has 0 spiro atoms. The highest BCUT2D eigenvalue weighted by atomic mass is 16.4. The number of amides is 2. The van der Waals surface area contributed by atoms with Crippen LogP contribution in [0, 0.1) is 0 Å². The molecule has 6 heteroatoms. The van der Waals surface area contributed by atoms with E-state index in [2.05, 4.69) is 85.1 Å². The molecule has 0 aliphatic rings. The van der Waals surface area contributed by atoms with Gasteiger partial charge in [0.2, 0.25) is 0 Å². The van der Waals surface area contributed by atoms with Crippen LogP contribution in [0.3, 0.4) is 0 Å². The fraction of sp³-hybridized carbons (Fsp3) is 0.869. The summed E-state index contributed by atoms with van der Waals surface area (Å²) >= 11 is 0. The van der Waals surface area contributed by atoms with Crippen LogP contribution in [-0.4, -0.2) is 35.5 Å². The molecule has 0 atom stereocenters. The van der Waals surface area contributed by atoms with Crippen LogP contribution in [0.25, 0.3) is 0 Å². The molecule has 2 aromatic carbocycles. The van der Waals surface area contributed by atoms with Crippen LogP contribution in [0.15, 0.2) is 60.7 Å². The standard InChI is InChI=1S/2C47H95NO2.C13H12/c2*1-2-3-4-5-6-7-8-9-10-11-12-13-14-15-16-17-18-19-20-21-22-23-24-25-26-27-28-29-30-31-32-33-34-35-36-37-38-39-40-41-42-43-44-45-46-48-47(49)50;1-3-7-12(8-4-1)11-13-9-5-2-6-10-13/h2*48H,2-46H2,1H3,(H,49,50);1-10H,11H2. The largest absolute Gasteiger partial charge is 0.465 e. The fourth-order valence-corrected chi connectivity index (χ4v) is 17.1. The second-order valence-corrected chi connectivity index (χ2v) is 36.0. The molecule has 6 nitrogen and oxygen atoms in total. The van der Waals surface area contributed by atoms with E-state index in [1.165, 1.54) is 550 Å². The Bertz CT molecular complexity index is 1870. The first-order chi connectivity index (χ1) is 56.0. The van der Waals surface area contributed by atoms with Gasteiger partial charge < -0.3 is 20.8 Å². The van der Waals surface area contributed by atoms with E-state index in [0.717, 1.165) is 32.1 Å². The van der Waals surface area contributed by atoms with E-state index in [-0.39, 0.29) is 0 Å². The Morgan fingerprint density at radius 3 is 0.389 bits per heavy atom. The maximum Gasteiger partial charge on any atom is 0.404 e. The van der Waals surface area contributed by atoms with Crippen molar-refractivity contribution in [2.24, 2.45) is 0 Å². The molecule has 0 aliphatic carbocycles. The molecule has 0 aliphatic heterocycles. The highest BCUT2D eigenvalue weighted by molar-refractivity contribution is 5.64. The molecule has 2 aromatic rings. The lowest BCUT2D eigenvalue weighted by molar-refractivity contribution is 0.193. The number of nitrogens with one attached hydrogen (secondary N) is 2. The predicted octanol–water partition coefficient (Wildman–Crippen LogP) is 38.2. The summed E-state index contributed by atoms with van der Waals surface area (Å²) in [5.41, 5.74) is 2.74. The lowest BCUT2D eigenvalue weighted by Gasteiger charge is -2.05. The van der Waals surface area contributed by atoms with E-state index in [1.807, 2.05) is 0 Å². The molecule has 0 aromatic heterocycles. The molecular weight excluding hydrogens is 1380 g/mol. The number of hydrogen-bond donors (Lipinski definition) is 4. The third kappa shape index (κ3) is 101. The second kappa shape index (κ2) is 101. The van der Waals surface area contributed by atoms with Gasteiger partial charge in [-0.15, -0.1) is 0 Å². The van der Waals surface area contributed by atoms with Crippen molar-refractivity contribution in [3.05, 3.63) is 71.8 Å². The smallest absolute Gasteiger partial charge is 0.404 e. The van der Waals surface area contributed by atoms with Crippen LogP contribution in [0.2, 0.25) is 0 Å². The van der Waals surface area contributed by atoms with Crippen molar-refractivity contribution >= 4 is 12.2 Å². The van der Waals surface area contributed by atoms with E-state index in [0.29, 0.717) is 13.1 Å². The number of benzene rings is 2. The maximum atomic E-state index is 10.4. The van der Waals surface area contributed by atoms with Crippen molar-refractivity contribution in [3.63, 3.8) is 0 Å². The average Bonchev–Trinajstić information content (AvgIpc) is 0.915. The summed E-state index contributed by atoms with van der Waals surface area (Å²) in [6.07, 6.45) is 126. The minimum absolute atomic E-state index is 0.606. The monoisotopic (exact) mass is 1580 g/mol. The zero-order chi connectivity index (χ0) is 81.1. The molecule has 0 fully saturated rings. The summed E-state index contributed by atoms with van der Waals surface area (Å²) in [5, 5.41) is 22.0. The van der Waals surface area contributed by atoms with E-state index in [1.54, 1.807) is 0 Å². The number of carboxylic acid groups (broad SMARTS) is 2. The molecule has 0 radical (unpaired) electrons. The number of unbranched alkanes of at least 4 members (excludes halogenated alkanes) is 86. The summed E-state index contributed by atoms with van der Waals surface area (Å²) in [4.78, 5) is 20.8. The number of carbonyl (C=O) groups is 2. The Morgan fingerprint density at radius 2 is 0.283 bits per heavy atom. The van der Waals surface area contributed by atoms with Crippen molar-refractivity contribution in [2.75, 3.05) is 13.1 Å². The third-order valence-corrected chi connectivity index (χ3v) is 24.7. The van der Waals surface area contributed by atoms with Crippen molar-refractivity contribution in [2.45, 2.75) is 585 Å². The van der Waals surface area contributed by atoms with Crippen molar-refractivity contribution < 1.29 is 19.8 Å². The molecule has 0 saturated carbocycles. The summed E-state index contributed by atoms with van der Waals surface area (Å²) in [5.74, 6) is 0. The average molecular weight is 1580 g/mol. The van der Waals surface area contributed by atoms with E-state index >= 15 is 0 Å². The topological polar surface area (TPSA) is 98.7 Å².